The lowest BCUT2D eigenvalue weighted by Gasteiger charge is -2.20. The molecule has 1 atom stereocenters. The first-order valence-corrected chi connectivity index (χ1v) is 12.1. The minimum absolute atomic E-state index is 0.443. The van der Waals surface area contributed by atoms with E-state index in [1.54, 1.807) is 11.8 Å². The molecule has 0 spiro atoms. The second kappa shape index (κ2) is 12.2. The van der Waals surface area contributed by atoms with Gasteiger partial charge in [0.25, 0.3) is 0 Å². The number of aromatic nitrogens is 3. The van der Waals surface area contributed by atoms with Crippen LogP contribution in [0, 0.1) is 4.77 Å². The first-order chi connectivity index (χ1) is 16.2. The topological polar surface area (TPSA) is 72.2 Å². The third-order valence-electron chi connectivity index (χ3n) is 4.64. The highest BCUT2D eigenvalue weighted by atomic mass is 32.2. The zero-order valence-electron chi connectivity index (χ0n) is 18.0. The first kappa shape index (κ1) is 23.1. The maximum Gasteiger partial charge on any atom is 0.213 e. The Labute approximate surface area is 202 Å². The zero-order chi connectivity index (χ0) is 22.7. The van der Waals surface area contributed by atoms with Gasteiger partial charge >= 0.3 is 0 Å². The lowest BCUT2D eigenvalue weighted by Crippen LogP contribution is -2.23. The van der Waals surface area contributed by atoms with Gasteiger partial charge < -0.3 is 14.2 Å². The van der Waals surface area contributed by atoms with E-state index in [9.17, 15) is 0 Å². The van der Waals surface area contributed by atoms with Gasteiger partial charge in [-0.1, -0.05) is 66.7 Å². The van der Waals surface area contributed by atoms with E-state index in [1.807, 2.05) is 84.9 Å². The monoisotopic (exact) mass is 479 g/mol. The van der Waals surface area contributed by atoms with Crippen LogP contribution in [0.2, 0.25) is 0 Å². The predicted octanol–water partition coefficient (Wildman–Crippen LogP) is 5.90. The van der Waals surface area contributed by atoms with E-state index in [1.165, 1.54) is 0 Å². The lowest BCUT2D eigenvalue weighted by atomic mass is 10.2. The van der Waals surface area contributed by atoms with Gasteiger partial charge in [-0.2, -0.15) is 0 Å². The van der Waals surface area contributed by atoms with Crippen LogP contribution in [0.3, 0.4) is 0 Å². The van der Waals surface area contributed by atoms with E-state index in [0.717, 1.165) is 22.7 Å². The van der Waals surface area contributed by atoms with E-state index in [2.05, 4.69) is 15.2 Å². The Kier molecular flexibility index (Phi) is 8.57. The average molecular weight is 480 g/mol. The van der Waals surface area contributed by atoms with E-state index in [-0.39, 0.29) is 0 Å². The number of ether oxygens (including phenoxy) is 3. The van der Waals surface area contributed by atoms with Crippen molar-refractivity contribution in [2.45, 2.75) is 25.3 Å². The fraction of sp³-hybridized carbons (Fsp3) is 0.200. The van der Waals surface area contributed by atoms with Crippen molar-refractivity contribution < 1.29 is 14.2 Å². The second-order valence-electron chi connectivity index (χ2n) is 7.22. The predicted molar refractivity (Wildman–Crippen MR) is 133 cm³/mol. The second-order valence-corrected chi connectivity index (χ2v) is 8.64. The van der Waals surface area contributed by atoms with Gasteiger partial charge in [0.1, 0.15) is 23.9 Å². The summed E-state index contributed by atoms with van der Waals surface area (Å²) >= 11 is 6.67. The summed E-state index contributed by atoms with van der Waals surface area (Å²) in [4.78, 5) is 4.23. The van der Waals surface area contributed by atoms with Gasteiger partial charge in [-0.15, -0.1) is 11.8 Å². The molecule has 0 radical (unpaired) electrons. The van der Waals surface area contributed by atoms with Crippen molar-refractivity contribution in [3.63, 3.8) is 0 Å². The maximum atomic E-state index is 6.19. The van der Waals surface area contributed by atoms with E-state index < -0.39 is 6.29 Å². The summed E-state index contributed by atoms with van der Waals surface area (Å²) in [6, 6.07) is 27.8. The molecule has 1 unspecified atom stereocenters. The Bertz CT molecular complexity index is 1170. The SMILES string of the molecule is S=c1nc(CSCC(OCc2ccccc2)Oc2cccc(OCc3ccccc3)c2)[nH][nH]1. The quantitative estimate of drug-likeness (QED) is 0.195. The molecule has 170 valence electrons. The van der Waals surface area contributed by atoms with Crippen molar-refractivity contribution in [3.05, 3.63) is 107 Å². The standard InChI is InChI=1S/C25H25N3O3S2/c32-25-26-23(27-28-25)17-33-18-24(30-16-20-10-5-2-6-11-20)31-22-13-7-12-21(14-22)29-15-19-8-3-1-4-9-19/h1-14,24H,15-18H2,(H2,26,27,28,32). The van der Waals surface area contributed by atoms with Gasteiger partial charge in [-0.3, -0.25) is 10.2 Å². The summed E-state index contributed by atoms with van der Waals surface area (Å²) < 4.78 is 18.7. The summed E-state index contributed by atoms with van der Waals surface area (Å²) in [7, 11) is 0. The molecule has 8 heteroatoms. The number of hydrogen-bond donors (Lipinski definition) is 2. The molecule has 0 saturated heterocycles. The van der Waals surface area contributed by atoms with E-state index >= 15 is 0 Å². The van der Waals surface area contributed by atoms with Crippen molar-refractivity contribution in [1.82, 2.24) is 15.2 Å². The van der Waals surface area contributed by atoms with Crippen molar-refractivity contribution in [2.75, 3.05) is 5.75 Å². The van der Waals surface area contributed by atoms with Crippen LogP contribution in [0.15, 0.2) is 84.9 Å². The Balaban J connectivity index is 1.36. The molecule has 1 heterocycles. The van der Waals surface area contributed by atoms with Gasteiger partial charge in [-0.05, 0) is 35.5 Å². The minimum Gasteiger partial charge on any atom is -0.489 e. The molecular weight excluding hydrogens is 454 g/mol. The highest BCUT2D eigenvalue weighted by Gasteiger charge is 2.13. The minimum atomic E-state index is -0.443. The molecule has 2 N–H and O–H groups in total. The van der Waals surface area contributed by atoms with Crippen molar-refractivity contribution in [1.29, 1.82) is 0 Å². The molecule has 0 aliphatic heterocycles. The van der Waals surface area contributed by atoms with Gasteiger partial charge in [0.15, 0.2) is 0 Å². The fourth-order valence-corrected chi connectivity index (χ4v) is 4.00. The number of aromatic amines is 2. The molecule has 4 aromatic rings. The first-order valence-electron chi connectivity index (χ1n) is 10.5. The molecule has 4 rings (SSSR count). The zero-order valence-corrected chi connectivity index (χ0v) is 19.6. The van der Waals surface area contributed by atoms with Crippen molar-refractivity contribution in [3.8, 4) is 11.5 Å². The highest BCUT2D eigenvalue weighted by molar-refractivity contribution is 7.98. The van der Waals surface area contributed by atoms with Crippen LogP contribution in [-0.2, 0) is 23.7 Å². The van der Waals surface area contributed by atoms with Gasteiger partial charge in [0.05, 0.1) is 18.1 Å². The molecule has 0 amide bonds. The summed E-state index contributed by atoms with van der Waals surface area (Å²) in [5.74, 6) is 3.52. The van der Waals surface area contributed by atoms with Crippen LogP contribution in [0.5, 0.6) is 11.5 Å². The summed E-state index contributed by atoms with van der Waals surface area (Å²) in [6.45, 7) is 0.959. The van der Waals surface area contributed by atoms with Crippen LogP contribution in [0.4, 0.5) is 0 Å². The molecule has 1 aromatic heterocycles. The number of thioether (sulfide) groups is 1. The number of rotatable bonds is 12. The molecule has 0 saturated carbocycles. The summed E-state index contributed by atoms with van der Waals surface area (Å²) in [6.07, 6.45) is -0.443. The van der Waals surface area contributed by atoms with Crippen LogP contribution in [-0.4, -0.2) is 27.2 Å². The maximum absolute atomic E-state index is 6.19. The van der Waals surface area contributed by atoms with Crippen molar-refractivity contribution in [2.24, 2.45) is 0 Å². The summed E-state index contributed by atoms with van der Waals surface area (Å²) in [5.41, 5.74) is 2.20. The van der Waals surface area contributed by atoms with Crippen LogP contribution in [0.1, 0.15) is 17.0 Å². The molecule has 3 aromatic carbocycles. The highest BCUT2D eigenvalue weighted by Crippen LogP contribution is 2.23. The molecule has 0 bridgehead atoms. The molecule has 0 fully saturated rings. The van der Waals surface area contributed by atoms with Crippen LogP contribution >= 0.6 is 24.0 Å². The molecule has 6 nitrogen and oxygen atoms in total. The number of hydrogen-bond acceptors (Lipinski definition) is 6. The molecule has 0 aliphatic carbocycles. The largest absolute Gasteiger partial charge is 0.489 e. The third-order valence-corrected chi connectivity index (χ3v) is 5.82. The fourth-order valence-electron chi connectivity index (χ4n) is 3.03. The number of H-pyrrole nitrogens is 2. The summed E-state index contributed by atoms with van der Waals surface area (Å²) in [5, 5.41) is 5.77. The van der Waals surface area contributed by atoms with E-state index in [0.29, 0.717) is 35.2 Å². The Hall–Kier alpha value is -3.07. The van der Waals surface area contributed by atoms with Crippen molar-refractivity contribution >= 4 is 24.0 Å². The van der Waals surface area contributed by atoms with Crippen LogP contribution in [0.25, 0.3) is 0 Å². The van der Waals surface area contributed by atoms with Gasteiger partial charge in [-0.25, -0.2) is 4.98 Å². The number of benzene rings is 3. The Morgan fingerprint density at radius 2 is 1.52 bits per heavy atom. The lowest BCUT2D eigenvalue weighted by molar-refractivity contribution is -0.0725. The normalized spacial score (nSPS) is 11.8. The Morgan fingerprint density at radius 1 is 0.818 bits per heavy atom. The molecule has 0 aliphatic rings. The van der Waals surface area contributed by atoms with Crippen LogP contribution < -0.4 is 9.47 Å². The van der Waals surface area contributed by atoms with Gasteiger partial charge in [0, 0.05) is 6.07 Å². The van der Waals surface area contributed by atoms with Gasteiger partial charge in [0.2, 0.25) is 11.1 Å². The van der Waals surface area contributed by atoms with E-state index in [4.69, 9.17) is 26.4 Å². The number of nitrogens with one attached hydrogen (secondary N) is 2. The Morgan fingerprint density at radius 3 is 2.21 bits per heavy atom. The smallest absolute Gasteiger partial charge is 0.213 e. The third kappa shape index (κ3) is 7.78. The average Bonchev–Trinajstić information content (AvgIpc) is 3.27. The molecule has 33 heavy (non-hydrogen) atoms. The number of nitrogens with zero attached hydrogens (tertiary/aromatic N) is 1. The molecular formula is C25H25N3O3S2.